The number of carbonyl (C=O) groups excluding carboxylic acids is 1. The van der Waals surface area contributed by atoms with Gasteiger partial charge in [0.25, 0.3) is 5.91 Å². The molecular formula is C15H24N2O2. The Balaban J connectivity index is 2.87. The Kier molecular flexibility index (Phi) is 5.21. The van der Waals surface area contributed by atoms with E-state index >= 15 is 0 Å². The zero-order valence-electron chi connectivity index (χ0n) is 12.2. The zero-order chi connectivity index (χ0) is 14.5. The number of nitrogens with one attached hydrogen (secondary N) is 1. The summed E-state index contributed by atoms with van der Waals surface area (Å²) in [6.45, 7) is 9.34. The number of amides is 1. The molecule has 0 bridgehead atoms. The lowest BCUT2D eigenvalue weighted by Gasteiger charge is -2.23. The highest BCUT2D eigenvalue weighted by Gasteiger charge is 2.20. The Morgan fingerprint density at radius 2 is 2.05 bits per heavy atom. The smallest absolute Gasteiger partial charge is 0.257 e. The number of nitrogens with two attached hydrogens (primary N) is 1. The van der Waals surface area contributed by atoms with Gasteiger partial charge < -0.3 is 15.8 Å². The molecule has 4 heteroatoms. The van der Waals surface area contributed by atoms with Crippen LogP contribution < -0.4 is 15.8 Å². The second-order valence-electron chi connectivity index (χ2n) is 5.35. The maximum absolute atomic E-state index is 12.3. The van der Waals surface area contributed by atoms with Crippen molar-refractivity contribution in [3.63, 3.8) is 0 Å². The predicted octanol–water partition coefficient (Wildman–Crippen LogP) is 2.83. The largest absolute Gasteiger partial charge is 0.493 e. The Labute approximate surface area is 115 Å². The van der Waals surface area contributed by atoms with Gasteiger partial charge in [0.15, 0.2) is 0 Å². The van der Waals surface area contributed by atoms with Gasteiger partial charge in [0.1, 0.15) is 11.3 Å². The lowest BCUT2D eigenvalue weighted by atomic mass is 9.90. The van der Waals surface area contributed by atoms with Crippen molar-refractivity contribution in [3.8, 4) is 5.75 Å². The molecule has 106 valence electrons. The van der Waals surface area contributed by atoms with Gasteiger partial charge in [0.2, 0.25) is 0 Å². The average Bonchev–Trinajstić information content (AvgIpc) is 2.37. The SMILES string of the molecule is CCOc1cccc(N)c1C(=O)NCC(C)(C)CC. The quantitative estimate of drug-likeness (QED) is 0.776. The molecule has 0 aromatic heterocycles. The third kappa shape index (κ3) is 4.16. The van der Waals surface area contributed by atoms with Crippen molar-refractivity contribution < 1.29 is 9.53 Å². The molecular weight excluding hydrogens is 240 g/mol. The Morgan fingerprint density at radius 3 is 2.63 bits per heavy atom. The van der Waals surface area contributed by atoms with E-state index in [9.17, 15) is 4.79 Å². The topological polar surface area (TPSA) is 64.3 Å². The van der Waals surface area contributed by atoms with Crippen molar-refractivity contribution in [2.45, 2.75) is 34.1 Å². The molecule has 1 aromatic rings. The first-order valence-electron chi connectivity index (χ1n) is 6.70. The van der Waals surface area contributed by atoms with Gasteiger partial charge in [-0.05, 0) is 30.9 Å². The van der Waals surface area contributed by atoms with Crippen LogP contribution in [0.15, 0.2) is 18.2 Å². The molecule has 0 aliphatic carbocycles. The van der Waals surface area contributed by atoms with Crippen molar-refractivity contribution in [3.05, 3.63) is 23.8 Å². The maximum atomic E-state index is 12.3. The number of rotatable bonds is 6. The summed E-state index contributed by atoms with van der Waals surface area (Å²) in [4.78, 5) is 12.3. The highest BCUT2D eigenvalue weighted by molar-refractivity contribution is 6.01. The fourth-order valence-corrected chi connectivity index (χ4v) is 1.60. The molecule has 0 aliphatic rings. The van der Waals surface area contributed by atoms with Gasteiger partial charge in [-0.2, -0.15) is 0 Å². The van der Waals surface area contributed by atoms with E-state index in [1.807, 2.05) is 6.92 Å². The van der Waals surface area contributed by atoms with E-state index in [1.165, 1.54) is 0 Å². The minimum absolute atomic E-state index is 0.0744. The molecule has 1 aromatic carbocycles. The van der Waals surface area contributed by atoms with Crippen molar-refractivity contribution in [2.24, 2.45) is 5.41 Å². The summed E-state index contributed by atoms with van der Waals surface area (Å²) in [5.41, 5.74) is 6.83. The van der Waals surface area contributed by atoms with E-state index < -0.39 is 0 Å². The fourth-order valence-electron chi connectivity index (χ4n) is 1.60. The standard InChI is InChI=1S/C15H24N2O2/c1-5-15(3,4)10-17-14(18)13-11(16)8-7-9-12(13)19-6-2/h7-9H,5-6,10,16H2,1-4H3,(H,17,18). The van der Waals surface area contributed by atoms with Crippen LogP contribution in [0.25, 0.3) is 0 Å². The predicted molar refractivity (Wildman–Crippen MR) is 78.4 cm³/mol. The van der Waals surface area contributed by atoms with E-state index in [-0.39, 0.29) is 11.3 Å². The molecule has 0 saturated carbocycles. The number of hydrogen-bond acceptors (Lipinski definition) is 3. The molecule has 0 saturated heterocycles. The van der Waals surface area contributed by atoms with Crippen LogP contribution in [0.5, 0.6) is 5.75 Å². The molecule has 0 heterocycles. The third-order valence-electron chi connectivity index (χ3n) is 3.27. The molecule has 1 amide bonds. The highest BCUT2D eigenvalue weighted by atomic mass is 16.5. The van der Waals surface area contributed by atoms with Gasteiger partial charge in [-0.3, -0.25) is 4.79 Å². The highest BCUT2D eigenvalue weighted by Crippen LogP contribution is 2.25. The number of ether oxygens (including phenoxy) is 1. The van der Waals surface area contributed by atoms with Crippen LogP contribution in [0.3, 0.4) is 0 Å². The number of anilines is 1. The molecule has 4 nitrogen and oxygen atoms in total. The van der Waals surface area contributed by atoms with Gasteiger partial charge in [-0.25, -0.2) is 0 Å². The number of carbonyl (C=O) groups is 1. The maximum Gasteiger partial charge on any atom is 0.257 e. The summed E-state index contributed by atoms with van der Waals surface area (Å²) < 4.78 is 5.46. The second kappa shape index (κ2) is 6.45. The summed E-state index contributed by atoms with van der Waals surface area (Å²) in [6, 6.07) is 5.26. The van der Waals surface area contributed by atoms with Crippen LogP contribution >= 0.6 is 0 Å². The molecule has 0 aliphatic heterocycles. The number of benzene rings is 1. The Hall–Kier alpha value is -1.71. The third-order valence-corrected chi connectivity index (χ3v) is 3.27. The lowest BCUT2D eigenvalue weighted by Crippen LogP contribution is -2.34. The van der Waals surface area contributed by atoms with Gasteiger partial charge in [0, 0.05) is 12.2 Å². The number of nitrogen functional groups attached to an aromatic ring is 1. The van der Waals surface area contributed by atoms with Gasteiger partial charge in [-0.15, -0.1) is 0 Å². The van der Waals surface area contributed by atoms with E-state index in [0.717, 1.165) is 6.42 Å². The van der Waals surface area contributed by atoms with E-state index in [4.69, 9.17) is 10.5 Å². The first-order valence-corrected chi connectivity index (χ1v) is 6.70. The summed E-state index contributed by atoms with van der Waals surface area (Å²) in [6.07, 6.45) is 0.996. The molecule has 0 atom stereocenters. The monoisotopic (exact) mass is 264 g/mol. The zero-order valence-corrected chi connectivity index (χ0v) is 12.2. The minimum atomic E-state index is -0.178. The summed E-state index contributed by atoms with van der Waals surface area (Å²) in [7, 11) is 0. The van der Waals surface area contributed by atoms with Gasteiger partial charge >= 0.3 is 0 Å². The molecule has 1 rings (SSSR count). The van der Waals surface area contributed by atoms with E-state index in [0.29, 0.717) is 30.2 Å². The van der Waals surface area contributed by atoms with Crippen molar-refractivity contribution in [2.75, 3.05) is 18.9 Å². The second-order valence-corrected chi connectivity index (χ2v) is 5.35. The van der Waals surface area contributed by atoms with Crippen LogP contribution in [-0.2, 0) is 0 Å². The van der Waals surface area contributed by atoms with Gasteiger partial charge in [-0.1, -0.05) is 26.8 Å². The van der Waals surface area contributed by atoms with Gasteiger partial charge in [0.05, 0.1) is 6.61 Å². The Morgan fingerprint density at radius 1 is 1.37 bits per heavy atom. The molecule has 0 radical (unpaired) electrons. The average molecular weight is 264 g/mol. The fraction of sp³-hybridized carbons (Fsp3) is 0.533. The van der Waals surface area contributed by atoms with Crippen molar-refractivity contribution in [1.82, 2.24) is 5.32 Å². The summed E-state index contributed by atoms with van der Waals surface area (Å²) in [5, 5.41) is 2.93. The van der Waals surface area contributed by atoms with Crippen LogP contribution in [0.4, 0.5) is 5.69 Å². The minimum Gasteiger partial charge on any atom is -0.493 e. The normalized spacial score (nSPS) is 11.2. The molecule has 0 fully saturated rings. The summed E-state index contributed by atoms with van der Waals surface area (Å²) in [5.74, 6) is 0.359. The van der Waals surface area contributed by atoms with Crippen molar-refractivity contribution >= 4 is 11.6 Å². The van der Waals surface area contributed by atoms with E-state index in [2.05, 4.69) is 26.1 Å². The van der Waals surface area contributed by atoms with Crippen LogP contribution in [-0.4, -0.2) is 19.1 Å². The van der Waals surface area contributed by atoms with E-state index in [1.54, 1.807) is 18.2 Å². The molecule has 19 heavy (non-hydrogen) atoms. The molecule has 0 unspecified atom stereocenters. The van der Waals surface area contributed by atoms with Crippen LogP contribution in [0.2, 0.25) is 0 Å². The molecule has 0 spiro atoms. The Bertz CT molecular complexity index is 442. The lowest BCUT2D eigenvalue weighted by molar-refractivity contribution is 0.0933. The van der Waals surface area contributed by atoms with Crippen LogP contribution in [0, 0.1) is 5.41 Å². The molecule has 3 N–H and O–H groups in total. The summed E-state index contributed by atoms with van der Waals surface area (Å²) >= 11 is 0. The van der Waals surface area contributed by atoms with Crippen LogP contribution in [0.1, 0.15) is 44.5 Å². The number of hydrogen-bond donors (Lipinski definition) is 2. The van der Waals surface area contributed by atoms with Crippen molar-refractivity contribution in [1.29, 1.82) is 0 Å². The first kappa shape index (κ1) is 15.3. The first-order chi connectivity index (χ1) is 8.91.